The summed E-state index contributed by atoms with van der Waals surface area (Å²) in [5, 5.41) is 0. The molecule has 0 radical (unpaired) electrons. The number of para-hydroxylation sites is 2. The minimum atomic E-state index is 0.125. The van der Waals surface area contributed by atoms with Gasteiger partial charge >= 0.3 is 0 Å². The number of rotatable bonds is 7. The Hall–Kier alpha value is -3.16. The lowest BCUT2D eigenvalue weighted by atomic mass is 9.95. The third-order valence-electron chi connectivity index (χ3n) is 8.43. The minimum Gasteiger partial charge on any atom is -0.368 e. The van der Waals surface area contributed by atoms with Crippen LogP contribution in [0.4, 0.5) is 5.69 Å². The molecular formula is C33H38BrN5O. The second-order valence-corrected chi connectivity index (χ2v) is 12.0. The lowest BCUT2D eigenvalue weighted by Gasteiger charge is -2.39. The Morgan fingerprint density at radius 3 is 2.35 bits per heavy atom. The third-order valence-corrected chi connectivity index (χ3v) is 8.92. The van der Waals surface area contributed by atoms with Crippen LogP contribution in [0.15, 0.2) is 77.3 Å². The topological polar surface area (TPSA) is 44.6 Å². The number of piperidine rings is 1. The number of fused-ring (bicyclic) bond motifs is 1. The van der Waals surface area contributed by atoms with Gasteiger partial charge < -0.3 is 9.80 Å². The van der Waals surface area contributed by atoms with Crippen LogP contribution in [0.2, 0.25) is 0 Å². The number of piperazine rings is 1. The van der Waals surface area contributed by atoms with Crippen LogP contribution in [0.1, 0.15) is 37.6 Å². The summed E-state index contributed by atoms with van der Waals surface area (Å²) in [4.78, 5) is 25.4. The predicted molar refractivity (Wildman–Crippen MR) is 166 cm³/mol. The lowest BCUT2D eigenvalue weighted by molar-refractivity contribution is -0.137. The van der Waals surface area contributed by atoms with Gasteiger partial charge in [0.2, 0.25) is 5.91 Å². The smallest absolute Gasteiger partial charge is 0.225 e. The van der Waals surface area contributed by atoms with E-state index in [4.69, 9.17) is 4.98 Å². The summed E-state index contributed by atoms with van der Waals surface area (Å²) in [7, 11) is 0. The highest BCUT2D eigenvalue weighted by atomic mass is 79.9. The monoisotopic (exact) mass is 599 g/mol. The normalized spacial score (nSPS) is 17.1. The maximum Gasteiger partial charge on any atom is 0.225 e. The standard InChI is InChI=1S/C33H38BrN5O/c1-2-6-25-11-13-28(14-12-25)37-19-21-38(22-20-37)33(40)26-15-17-36(18-16-26)24-32-35-30-9-3-4-10-31(30)39(32)29-8-5-7-27(34)23-29/h3-5,7-14,23,26H,2,6,15-22,24H2,1H3. The number of aryl methyl sites for hydroxylation is 1. The van der Waals surface area contributed by atoms with E-state index in [0.29, 0.717) is 5.91 Å². The predicted octanol–water partition coefficient (Wildman–Crippen LogP) is 6.30. The zero-order chi connectivity index (χ0) is 27.5. The van der Waals surface area contributed by atoms with Gasteiger partial charge in [0, 0.05) is 47.9 Å². The summed E-state index contributed by atoms with van der Waals surface area (Å²) in [6.45, 7) is 8.27. The molecule has 2 aliphatic rings. The van der Waals surface area contributed by atoms with Crippen molar-refractivity contribution < 1.29 is 4.79 Å². The first-order chi connectivity index (χ1) is 19.6. The Morgan fingerprint density at radius 2 is 1.62 bits per heavy atom. The molecule has 1 amide bonds. The molecule has 2 aliphatic heterocycles. The first-order valence-electron chi connectivity index (χ1n) is 14.7. The molecule has 40 heavy (non-hydrogen) atoms. The van der Waals surface area contributed by atoms with Crippen LogP contribution in [0.3, 0.4) is 0 Å². The zero-order valence-electron chi connectivity index (χ0n) is 23.3. The molecule has 3 heterocycles. The molecule has 0 unspecified atom stereocenters. The van der Waals surface area contributed by atoms with Crippen LogP contribution in [0.5, 0.6) is 0 Å². The molecular weight excluding hydrogens is 562 g/mol. The number of anilines is 1. The highest BCUT2D eigenvalue weighted by Crippen LogP contribution is 2.27. The molecule has 1 aromatic heterocycles. The van der Waals surface area contributed by atoms with E-state index in [2.05, 4.69) is 109 Å². The van der Waals surface area contributed by atoms with Gasteiger partial charge in [-0.2, -0.15) is 0 Å². The van der Waals surface area contributed by atoms with Gasteiger partial charge in [0.25, 0.3) is 0 Å². The maximum absolute atomic E-state index is 13.4. The van der Waals surface area contributed by atoms with E-state index >= 15 is 0 Å². The molecule has 4 aromatic rings. The number of hydrogen-bond donors (Lipinski definition) is 0. The van der Waals surface area contributed by atoms with E-state index in [1.807, 2.05) is 6.07 Å². The average Bonchev–Trinajstić information content (AvgIpc) is 3.36. The summed E-state index contributed by atoms with van der Waals surface area (Å²) >= 11 is 3.63. The van der Waals surface area contributed by atoms with E-state index in [9.17, 15) is 4.79 Å². The fourth-order valence-electron chi connectivity index (χ4n) is 6.23. The van der Waals surface area contributed by atoms with Crippen molar-refractivity contribution in [1.29, 1.82) is 0 Å². The van der Waals surface area contributed by atoms with Crippen molar-refractivity contribution >= 4 is 38.6 Å². The summed E-state index contributed by atoms with van der Waals surface area (Å²) in [6, 6.07) is 25.7. The quantitative estimate of drug-likeness (QED) is 0.250. The van der Waals surface area contributed by atoms with Gasteiger partial charge in [-0.15, -0.1) is 0 Å². The van der Waals surface area contributed by atoms with E-state index in [1.165, 1.54) is 17.7 Å². The van der Waals surface area contributed by atoms with E-state index < -0.39 is 0 Å². The second kappa shape index (κ2) is 12.1. The van der Waals surface area contributed by atoms with Crippen molar-refractivity contribution in [3.63, 3.8) is 0 Å². The first kappa shape index (κ1) is 27.0. The van der Waals surface area contributed by atoms with E-state index in [1.54, 1.807) is 0 Å². The summed E-state index contributed by atoms with van der Waals surface area (Å²) in [6.07, 6.45) is 4.13. The Balaban J connectivity index is 1.05. The van der Waals surface area contributed by atoms with Crippen molar-refractivity contribution in [2.45, 2.75) is 39.2 Å². The summed E-state index contributed by atoms with van der Waals surface area (Å²) < 4.78 is 3.33. The molecule has 2 fully saturated rings. The highest BCUT2D eigenvalue weighted by Gasteiger charge is 2.31. The minimum absolute atomic E-state index is 0.125. The molecule has 2 saturated heterocycles. The van der Waals surface area contributed by atoms with Gasteiger partial charge in [0.05, 0.1) is 17.6 Å². The molecule has 6 rings (SSSR count). The molecule has 3 aromatic carbocycles. The Morgan fingerprint density at radius 1 is 0.875 bits per heavy atom. The van der Waals surface area contributed by atoms with Crippen LogP contribution in [0, 0.1) is 5.92 Å². The molecule has 208 valence electrons. The number of aromatic nitrogens is 2. The zero-order valence-corrected chi connectivity index (χ0v) is 24.9. The molecule has 6 nitrogen and oxygen atoms in total. The van der Waals surface area contributed by atoms with E-state index in [-0.39, 0.29) is 5.92 Å². The van der Waals surface area contributed by atoms with Crippen LogP contribution < -0.4 is 4.90 Å². The second-order valence-electron chi connectivity index (χ2n) is 11.1. The van der Waals surface area contributed by atoms with Gasteiger partial charge in [-0.25, -0.2) is 4.98 Å². The Kier molecular flexibility index (Phi) is 8.21. The van der Waals surface area contributed by atoms with Gasteiger partial charge in [-0.3, -0.25) is 14.3 Å². The van der Waals surface area contributed by atoms with Crippen LogP contribution in [-0.2, 0) is 17.8 Å². The van der Waals surface area contributed by atoms with Crippen molar-refractivity contribution in [1.82, 2.24) is 19.4 Å². The van der Waals surface area contributed by atoms with Gasteiger partial charge in [0.15, 0.2) is 0 Å². The fourth-order valence-corrected chi connectivity index (χ4v) is 6.62. The van der Waals surface area contributed by atoms with Crippen molar-refractivity contribution in [3.05, 3.63) is 88.7 Å². The Labute approximate surface area is 245 Å². The number of carbonyl (C=O) groups excluding carboxylic acids is 1. The molecule has 0 bridgehead atoms. The SMILES string of the molecule is CCCc1ccc(N2CCN(C(=O)C3CCN(Cc4nc5ccccc5n4-c4cccc(Br)c4)CC3)CC2)cc1. The van der Waals surface area contributed by atoms with Crippen LogP contribution >= 0.6 is 15.9 Å². The third kappa shape index (κ3) is 5.81. The number of nitrogens with zero attached hydrogens (tertiary/aromatic N) is 5. The van der Waals surface area contributed by atoms with Gasteiger partial charge in [-0.05, 0) is 80.4 Å². The molecule has 0 spiro atoms. The summed E-state index contributed by atoms with van der Waals surface area (Å²) in [5.41, 5.74) is 5.92. The van der Waals surface area contributed by atoms with Crippen molar-refractivity contribution in [2.75, 3.05) is 44.2 Å². The number of hydrogen-bond acceptors (Lipinski definition) is 4. The number of amides is 1. The average molecular weight is 601 g/mol. The number of benzene rings is 3. The number of imidazole rings is 1. The van der Waals surface area contributed by atoms with Crippen molar-refractivity contribution in [3.8, 4) is 5.69 Å². The fraction of sp³-hybridized carbons (Fsp3) is 0.394. The van der Waals surface area contributed by atoms with Crippen LogP contribution in [0.25, 0.3) is 16.7 Å². The van der Waals surface area contributed by atoms with E-state index in [0.717, 1.165) is 92.1 Å². The highest BCUT2D eigenvalue weighted by molar-refractivity contribution is 9.10. The van der Waals surface area contributed by atoms with Crippen molar-refractivity contribution in [2.24, 2.45) is 5.92 Å². The molecule has 0 N–H and O–H groups in total. The van der Waals surface area contributed by atoms with Crippen LogP contribution in [-0.4, -0.2) is 64.5 Å². The van der Waals surface area contributed by atoms with Gasteiger partial charge in [0.1, 0.15) is 5.82 Å². The molecule has 0 atom stereocenters. The Bertz CT molecular complexity index is 1450. The first-order valence-corrected chi connectivity index (χ1v) is 15.5. The number of halogens is 1. The molecule has 7 heteroatoms. The number of likely N-dealkylation sites (tertiary alicyclic amines) is 1. The van der Waals surface area contributed by atoms with Gasteiger partial charge in [-0.1, -0.05) is 59.6 Å². The largest absolute Gasteiger partial charge is 0.368 e. The lowest BCUT2D eigenvalue weighted by Crippen LogP contribution is -2.51. The summed E-state index contributed by atoms with van der Waals surface area (Å²) in [5.74, 6) is 1.52. The molecule has 0 saturated carbocycles. The number of carbonyl (C=O) groups is 1. The maximum atomic E-state index is 13.4. The molecule has 0 aliphatic carbocycles.